The van der Waals surface area contributed by atoms with Gasteiger partial charge in [-0.2, -0.15) is 11.8 Å². The van der Waals surface area contributed by atoms with Crippen LogP contribution in [0.25, 0.3) is 0 Å². The number of amides is 1. The molecule has 0 fully saturated rings. The number of unbranched alkanes of at least 4 members (excludes halogenated alkanes) is 2. The molecule has 0 aliphatic heterocycles. The Morgan fingerprint density at radius 1 is 1.29 bits per heavy atom. The van der Waals surface area contributed by atoms with Gasteiger partial charge in [-0.25, -0.2) is 4.39 Å². The van der Waals surface area contributed by atoms with Crippen LogP contribution in [0, 0.1) is 5.82 Å². The average Bonchev–Trinajstić information content (AvgIpc) is 2.34. The van der Waals surface area contributed by atoms with Gasteiger partial charge in [0.1, 0.15) is 5.82 Å². The van der Waals surface area contributed by atoms with Gasteiger partial charge in [0.05, 0.1) is 5.56 Å². The highest BCUT2D eigenvalue weighted by Gasteiger charge is 2.09. The van der Waals surface area contributed by atoms with Gasteiger partial charge in [-0.3, -0.25) is 4.79 Å². The number of carbonyl (C=O) groups is 1. The summed E-state index contributed by atoms with van der Waals surface area (Å²) in [6, 6.07) is 6.04. The summed E-state index contributed by atoms with van der Waals surface area (Å²) in [6.45, 7) is 0.613. The largest absolute Gasteiger partial charge is 0.352 e. The van der Waals surface area contributed by atoms with Gasteiger partial charge in [0.15, 0.2) is 0 Å². The molecule has 0 spiro atoms. The molecule has 94 valence electrons. The zero-order valence-corrected chi connectivity index (χ0v) is 10.9. The van der Waals surface area contributed by atoms with E-state index < -0.39 is 5.82 Å². The van der Waals surface area contributed by atoms with E-state index in [1.165, 1.54) is 12.1 Å². The molecule has 0 aliphatic carbocycles. The fourth-order valence-corrected chi connectivity index (χ4v) is 1.98. The Balaban J connectivity index is 2.24. The highest BCUT2D eigenvalue weighted by molar-refractivity contribution is 7.98. The first-order valence-electron chi connectivity index (χ1n) is 5.77. The third-order valence-corrected chi connectivity index (χ3v) is 3.13. The number of halogens is 1. The molecule has 0 aromatic heterocycles. The number of carbonyl (C=O) groups excluding carboxylic acids is 1. The number of hydrogen-bond acceptors (Lipinski definition) is 2. The number of rotatable bonds is 7. The number of thioether (sulfide) groups is 1. The van der Waals surface area contributed by atoms with Crippen LogP contribution in [0.3, 0.4) is 0 Å². The molecular weight excluding hydrogens is 237 g/mol. The Kier molecular flexibility index (Phi) is 6.70. The molecule has 0 heterocycles. The summed E-state index contributed by atoms with van der Waals surface area (Å²) >= 11 is 1.83. The first-order valence-corrected chi connectivity index (χ1v) is 7.16. The van der Waals surface area contributed by atoms with E-state index in [0.717, 1.165) is 25.0 Å². The minimum atomic E-state index is -0.465. The molecule has 0 aliphatic rings. The molecule has 0 saturated heterocycles. The van der Waals surface area contributed by atoms with Crippen molar-refractivity contribution in [1.29, 1.82) is 0 Å². The summed E-state index contributed by atoms with van der Waals surface area (Å²) in [5.74, 6) is 0.363. The third kappa shape index (κ3) is 5.22. The van der Waals surface area contributed by atoms with Crippen LogP contribution in [0.5, 0.6) is 0 Å². The van der Waals surface area contributed by atoms with E-state index in [-0.39, 0.29) is 11.5 Å². The SMILES string of the molecule is CSCCCCCNC(=O)c1ccccc1F. The summed E-state index contributed by atoms with van der Waals surface area (Å²) in [5, 5.41) is 2.73. The monoisotopic (exact) mass is 255 g/mol. The van der Waals surface area contributed by atoms with E-state index in [4.69, 9.17) is 0 Å². The molecule has 17 heavy (non-hydrogen) atoms. The van der Waals surface area contributed by atoms with Crippen molar-refractivity contribution in [2.75, 3.05) is 18.6 Å². The average molecular weight is 255 g/mol. The lowest BCUT2D eigenvalue weighted by atomic mass is 10.2. The van der Waals surface area contributed by atoms with Crippen LogP contribution >= 0.6 is 11.8 Å². The van der Waals surface area contributed by atoms with Gasteiger partial charge in [-0.15, -0.1) is 0 Å². The summed E-state index contributed by atoms with van der Waals surface area (Å²) in [5.41, 5.74) is 0.122. The normalized spacial score (nSPS) is 10.2. The van der Waals surface area contributed by atoms with Gasteiger partial charge in [-0.05, 0) is 37.0 Å². The maximum Gasteiger partial charge on any atom is 0.254 e. The molecule has 0 atom stereocenters. The number of nitrogens with one attached hydrogen (secondary N) is 1. The van der Waals surface area contributed by atoms with Gasteiger partial charge in [0.2, 0.25) is 0 Å². The van der Waals surface area contributed by atoms with E-state index in [1.807, 2.05) is 11.8 Å². The fraction of sp³-hybridized carbons (Fsp3) is 0.462. The summed E-state index contributed by atoms with van der Waals surface area (Å²) in [4.78, 5) is 11.6. The van der Waals surface area contributed by atoms with Crippen molar-refractivity contribution < 1.29 is 9.18 Å². The summed E-state index contributed by atoms with van der Waals surface area (Å²) < 4.78 is 13.3. The fourth-order valence-electron chi connectivity index (χ4n) is 1.49. The first-order chi connectivity index (χ1) is 8.25. The molecule has 1 amide bonds. The molecule has 1 N–H and O–H groups in total. The van der Waals surface area contributed by atoms with Gasteiger partial charge < -0.3 is 5.32 Å². The van der Waals surface area contributed by atoms with Crippen molar-refractivity contribution in [2.45, 2.75) is 19.3 Å². The van der Waals surface area contributed by atoms with Gasteiger partial charge in [0.25, 0.3) is 5.91 Å². The van der Waals surface area contributed by atoms with Crippen molar-refractivity contribution in [3.63, 3.8) is 0 Å². The molecule has 4 heteroatoms. The zero-order valence-electron chi connectivity index (χ0n) is 10.0. The third-order valence-electron chi connectivity index (χ3n) is 2.43. The summed E-state index contributed by atoms with van der Waals surface area (Å²) in [7, 11) is 0. The molecule has 0 radical (unpaired) electrons. The zero-order chi connectivity index (χ0) is 12.5. The van der Waals surface area contributed by atoms with Crippen LogP contribution in [0.4, 0.5) is 4.39 Å². The molecule has 0 bridgehead atoms. The number of hydrogen-bond donors (Lipinski definition) is 1. The van der Waals surface area contributed by atoms with E-state index in [9.17, 15) is 9.18 Å². The van der Waals surface area contributed by atoms with Crippen LogP contribution in [0.1, 0.15) is 29.6 Å². The van der Waals surface area contributed by atoms with Crippen LogP contribution in [-0.2, 0) is 0 Å². The Bertz CT molecular complexity index is 357. The second kappa shape index (κ2) is 8.12. The summed E-state index contributed by atoms with van der Waals surface area (Å²) in [6.07, 6.45) is 5.29. The molecule has 0 saturated carbocycles. The Hall–Kier alpha value is -1.03. The second-order valence-corrected chi connectivity index (χ2v) is 4.77. The maximum absolute atomic E-state index is 13.3. The van der Waals surface area contributed by atoms with Crippen LogP contribution in [0.2, 0.25) is 0 Å². The van der Waals surface area contributed by atoms with Crippen molar-refractivity contribution in [3.8, 4) is 0 Å². The minimum absolute atomic E-state index is 0.122. The molecule has 1 aromatic carbocycles. The number of benzene rings is 1. The van der Waals surface area contributed by atoms with Gasteiger partial charge in [0, 0.05) is 6.54 Å². The molecule has 1 aromatic rings. The van der Waals surface area contributed by atoms with E-state index >= 15 is 0 Å². The molecule has 1 rings (SSSR count). The molecule has 2 nitrogen and oxygen atoms in total. The van der Waals surface area contributed by atoms with Crippen LogP contribution < -0.4 is 5.32 Å². The van der Waals surface area contributed by atoms with Crippen molar-refractivity contribution in [1.82, 2.24) is 5.32 Å². The van der Waals surface area contributed by atoms with Gasteiger partial charge >= 0.3 is 0 Å². The predicted octanol–water partition coefficient (Wildman–Crippen LogP) is 3.09. The molecular formula is C13H18FNOS. The lowest BCUT2D eigenvalue weighted by Crippen LogP contribution is -2.25. The van der Waals surface area contributed by atoms with E-state index in [2.05, 4.69) is 11.6 Å². The highest BCUT2D eigenvalue weighted by Crippen LogP contribution is 2.06. The van der Waals surface area contributed by atoms with E-state index in [0.29, 0.717) is 6.54 Å². The van der Waals surface area contributed by atoms with Crippen molar-refractivity contribution in [2.24, 2.45) is 0 Å². The lowest BCUT2D eigenvalue weighted by molar-refractivity contribution is 0.0949. The second-order valence-electron chi connectivity index (χ2n) is 3.79. The Morgan fingerprint density at radius 3 is 2.76 bits per heavy atom. The first kappa shape index (κ1) is 14.0. The van der Waals surface area contributed by atoms with Gasteiger partial charge in [-0.1, -0.05) is 18.6 Å². The predicted molar refractivity (Wildman–Crippen MR) is 71.0 cm³/mol. The van der Waals surface area contributed by atoms with Crippen molar-refractivity contribution >= 4 is 17.7 Å². The standard InChI is InChI=1S/C13H18FNOS/c1-17-10-6-2-5-9-15-13(16)11-7-3-4-8-12(11)14/h3-4,7-8H,2,5-6,9-10H2,1H3,(H,15,16). The Morgan fingerprint density at radius 2 is 2.06 bits per heavy atom. The smallest absolute Gasteiger partial charge is 0.254 e. The van der Waals surface area contributed by atoms with Crippen LogP contribution in [-0.4, -0.2) is 24.5 Å². The maximum atomic E-state index is 13.3. The highest BCUT2D eigenvalue weighted by atomic mass is 32.2. The molecule has 0 unspecified atom stereocenters. The Labute approximate surface area is 106 Å². The van der Waals surface area contributed by atoms with Crippen molar-refractivity contribution in [3.05, 3.63) is 35.6 Å². The van der Waals surface area contributed by atoms with Crippen LogP contribution in [0.15, 0.2) is 24.3 Å². The lowest BCUT2D eigenvalue weighted by Gasteiger charge is -2.05. The quantitative estimate of drug-likeness (QED) is 0.759. The topological polar surface area (TPSA) is 29.1 Å². The van der Waals surface area contributed by atoms with E-state index in [1.54, 1.807) is 12.1 Å². The minimum Gasteiger partial charge on any atom is -0.352 e.